The van der Waals surface area contributed by atoms with Crippen molar-refractivity contribution in [3.8, 4) is 0 Å². The zero-order chi connectivity index (χ0) is 21.1. The lowest BCUT2D eigenvalue weighted by molar-refractivity contribution is -0.133. The average Bonchev–Trinajstić information content (AvgIpc) is 2.61. The Balaban J connectivity index is 4.96. The fourth-order valence-electron chi connectivity index (χ4n) is 1.61. The first kappa shape index (κ1) is 24.0. The van der Waals surface area contributed by atoms with Crippen LogP contribution in [0.15, 0.2) is 0 Å². The lowest BCUT2D eigenvalue weighted by Crippen LogP contribution is -2.60. The summed E-state index contributed by atoms with van der Waals surface area (Å²) in [6.07, 6.45) is -2.09. The van der Waals surface area contributed by atoms with Crippen LogP contribution >= 0.6 is 0 Å². The normalized spacial score (nSPS) is 14.7. The number of hydrazine groups is 1. The third-order valence-corrected chi connectivity index (χ3v) is 3.03. The lowest BCUT2D eigenvalue weighted by atomic mass is 10.1. The van der Waals surface area contributed by atoms with Crippen molar-refractivity contribution in [2.75, 3.05) is 6.61 Å². The molecule has 0 aliphatic rings. The van der Waals surface area contributed by atoms with E-state index in [0.717, 1.165) is 6.92 Å². The summed E-state index contributed by atoms with van der Waals surface area (Å²) in [5.74, 6) is -4.13. The molecular formula is C12H23N7O8. The van der Waals surface area contributed by atoms with E-state index in [9.17, 15) is 29.1 Å². The highest BCUT2D eigenvalue weighted by atomic mass is 16.5. The van der Waals surface area contributed by atoms with E-state index in [4.69, 9.17) is 21.8 Å². The summed E-state index contributed by atoms with van der Waals surface area (Å²) in [5.41, 5.74) is 15.2. The molecule has 154 valence electrons. The van der Waals surface area contributed by atoms with Crippen molar-refractivity contribution in [2.24, 2.45) is 11.5 Å². The monoisotopic (exact) mass is 393 g/mol. The molecule has 15 heteroatoms. The number of nitrogens with one attached hydrogen (secondary N) is 5. The Labute approximate surface area is 152 Å². The van der Waals surface area contributed by atoms with Crippen LogP contribution in [0.1, 0.15) is 13.3 Å². The molecule has 0 aliphatic carbocycles. The molecule has 4 atom stereocenters. The molecule has 0 radical (unpaired) electrons. The minimum absolute atomic E-state index is 0.674. The number of urea groups is 1. The van der Waals surface area contributed by atoms with Crippen molar-refractivity contribution in [3.05, 3.63) is 0 Å². The van der Waals surface area contributed by atoms with Crippen LogP contribution in [0, 0.1) is 0 Å². The molecule has 12 N–H and O–H groups in total. The number of rotatable bonds is 9. The van der Waals surface area contributed by atoms with E-state index in [2.05, 4.69) is 0 Å². The number of hydroxylamine groups is 1. The first-order valence-electron chi connectivity index (χ1n) is 7.46. The van der Waals surface area contributed by atoms with Crippen LogP contribution in [0.2, 0.25) is 0 Å². The first-order valence-corrected chi connectivity index (χ1v) is 7.46. The van der Waals surface area contributed by atoms with Crippen molar-refractivity contribution in [3.63, 3.8) is 0 Å². The van der Waals surface area contributed by atoms with Crippen molar-refractivity contribution < 1.29 is 39.4 Å². The van der Waals surface area contributed by atoms with Gasteiger partial charge in [0.2, 0.25) is 5.91 Å². The molecule has 0 spiro atoms. The molecule has 0 aliphatic heterocycles. The fourth-order valence-corrected chi connectivity index (χ4v) is 1.61. The van der Waals surface area contributed by atoms with Crippen LogP contribution in [0.5, 0.6) is 0 Å². The standard InChI is InChI=1S/C12H23N7O8/c1-4(21)8(11(25)19-27)16-12(26)15-6(2-7(14)22)10(24)18-17-9(23)5(13)3-20/h4-6,8,20-21,27H,2-3,13H2,1H3,(H2,14,22)(H,17,23)(H,18,24)(H,19,25)(H2,15,16,26)/t4?,5-,6-,8-/m0/s1. The van der Waals surface area contributed by atoms with Gasteiger partial charge in [-0.1, -0.05) is 0 Å². The van der Waals surface area contributed by atoms with Crippen LogP contribution < -0.4 is 38.4 Å². The topological polar surface area (TPSA) is 258 Å². The van der Waals surface area contributed by atoms with Gasteiger partial charge in [-0.3, -0.25) is 35.2 Å². The molecule has 0 rings (SSSR count). The zero-order valence-electron chi connectivity index (χ0n) is 14.3. The van der Waals surface area contributed by atoms with Crippen LogP contribution in [0.4, 0.5) is 4.79 Å². The molecule has 1 unspecified atom stereocenters. The molecule has 0 heterocycles. The molecule has 0 saturated carbocycles. The van der Waals surface area contributed by atoms with Gasteiger partial charge in [0.25, 0.3) is 17.7 Å². The highest BCUT2D eigenvalue weighted by Crippen LogP contribution is 1.96. The number of carbonyl (C=O) groups excluding carboxylic acids is 5. The van der Waals surface area contributed by atoms with E-state index >= 15 is 0 Å². The second-order valence-electron chi connectivity index (χ2n) is 5.30. The average molecular weight is 393 g/mol. The SMILES string of the molecule is CC(O)[C@H](NC(=O)N[C@@H](CC(N)=O)C(=O)NNC(=O)[C@@H](N)CO)C(=O)NO. The predicted molar refractivity (Wildman–Crippen MR) is 86.0 cm³/mol. The van der Waals surface area contributed by atoms with Crippen molar-refractivity contribution >= 4 is 29.7 Å². The van der Waals surface area contributed by atoms with Gasteiger partial charge in [-0.15, -0.1) is 0 Å². The molecule has 0 fully saturated rings. The maximum Gasteiger partial charge on any atom is 0.316 e. The number of hydrogen-bond acceptors (Lipinski definition) is 9. The summed E-state index contributed by atoms with van der Waals surface area (Å²) >= 11 is 0. The summed E-state index contributed by atoms with van der Waals surface area (Å²) in [6.45, 7) is 0.453. The van der Waals surface area contributed by atoms with Gasteiger partial charge in [-0.2, -0.15) is 0 Å². The summed E-state index contributed by atoms with van der Waals surface area (Å²) in [4.78, 5) is 57.7. The Hall–Kier alpha value is -3.01. The van der Waals surface area contributed by atoms with E-state index in [0.29, 0.717) is 0 Å². The Morgan fingerprint density at radius 2 is 1.56 bits per heavy atom. The van der Waals surface area contributed by atoms with E-state index < -0.39 is 66.9 Å². The van der Waals surface area contributed by atoms with E-state index in [1.54, 1.807) is 0 Å². The Kier molecular flexibility index (Phi) is 10.3. The van der Waals surface area contributed by atoms with Crippen molar-refractivity contribution in [2.45, 2.75) is 37.6 Å². The zero-order valence-corrected chi connectivity index (χ0v) is 14.3. The third-order valence-electron chi connectivity index (χ3n) is 3.03. The van der Waals surface area contributed by atoms with Crippen molar-refractivity contribution in [1.82, 2.24) is 27.0 Å². The van der Waals surface area contributed by atoms with Crippen LogP contribution in [0.25, 0.3) is 0 Å². The summed E-state index contributed by atoms with van der Waals surface area (Å²) in [6, 6.07) is -5.63. The quantitative estimate of drug-likeness (QED) is 0.132. The van der Waals surface area contributed by atoms with Gasteiger partial charge in [-0.25, -0.2) is 10.3 Å². The molecule has 6 amide bonds. The van der Waals surface area contributed by atoms with Gasteiger partial charge in [0.15, 0.2) is 0 Å². The molecular weight excluding hydrogens is 370 g/mol. The van der Waals surface area contributed by atoms with Gasteiger partial charge >= 0.3 is 6.03 Å². The molecule has 0 aromatic carbocycles. The Morgan fingerprint density at radius 3 is 2.00 bits per heavy atom. The number of carbonyl (C=O) groups is 5. The number of hydrogen-bond donors (Lipinski definition) is 10. The predicted octanol–water partition coefficient (Wildman–Crippen LogP) is -5.75. The Morgan fingerprint density at radius 1 is 1.00 bits per heavy atom. The largest absolute Gasteiger partial charge is 0.394 e. The number of primary amides is 1. The van der Waals surface area contributed by atoms with E-state index in [1.807, 2.05) is 21.5 Å². The minimum Gasteiger partial charge on any atom is -0.394 e. The second-order valence-corrected chi connectivity index (χ2v) is 5.30. The minimum atomic E-state index is -1.57. The lowest BCUT2D eigenvalue weighted by Gasteiger charge is -2.22. The van der Waals surface area contributed by atoms with Crippen molar-refractivity contribution in [1.29, 1.82) is 0 Å². The maximum absolute atomic E-state index is 12.0. The first-order chi connectivity index (χ1) is 12.5. The van der Waals surface area contributed by atoms with Crippen LogP contribution in [-0.2, 0) is 19.2 Å². The molecule has 0 aromatic rings. The number of amides is 6. The highest BCUT2D eigenvalue weighted by molar-refractivity contribution is 5.94. The summed E-state index contributed by atoms with van der Waals surface area (Å²) < 4.78 is 0. The molecule has 0 bridgehead atoms. The number of nitrogens with two attached hydrogens (primary N) is 2. The second kappa shape index (κ2) is 11.6. The smallest absolute Gasteiger partial charge is 0.316 e. The third kappa shape index (κ3) is 8.77. The molecule has 27 heavy (non-hydrogen) atoms. The molecule has 0 saturated heterocycles. The summed E-state index contributed by atoms with van der Waals surface area (Å²) in [5, 5.41) is 30.7. The van der Waals surface area contributed by atoms with E-state index in [1.165, 1.54) is 5.48 Å². The molecule has 0 aromatic heterocycles. The number of aliphatic hydroxyl groups is 2. The molecule has 15 nitrogen and oxygen atoms in total. The fraction of sp³-hybridized carbons (Fsp3) is 0.583. The highest BCUT2D eigenvalue weighted by Gasteiger charge is 2.29. The van der Waals surface area contributed by atoms with Gasteiger partial charge in [0, 0.05) is 0 Å². The van der Waals surface area contributed by atoms with Crippen LogP contribution in [0.3, 0.4) is 0 Å². The Bertz CT molecular complexity index is 570. The maximum atomic E-state index is 12.0. The van der Waals surface area contributed by atoms with Gasteiger partial charge in [0.1, 0.15) is 18.1 Å². The van der Waals surface area contributed by atoms with E-state index in [-0.39, 0.29) is 0 Å². The van der Waals surface area contributed by atoms with Gasteiger partial charge in [0.05, 0.1) is 19.1 Å². The summed E-state index contributed by atoms with van der Waals surface area (Å²) in [7, 11) is 0. The van der Waals surface area contributed by atoms with Gasteiger partial charge < -0.3 is 32.3 Å². The number of aliphatic hydroxyl groups excluding tert-OH is 2. The van der Waals surface area contributed by atoms with Gasteiger partial charge in [-0.05, 0) is 6.92 Å². The van der Waals surface area contributed by atoms with Crippen LogP contribution in [-0.4, -0.2) is 75.9 Å².